The molecule has 2 nitrogen and oxygen atoms in total. The minimum absolute atomic E-state index is 0.637. The zero-order valence-electron chi connectivity index (χ0n) is 11.4. The van der Waals surface area contributed by atoms with Crippen molar-refractivity contribution in [1.29, 1.82) is 0 Å². The summed E-state index contributed by atoms with van der Waals surface area (Å²) < 4.78 is 0. The first-order chi connectivity index (χ1) is 7.47. The Morgan fingerprint density at radius 3 is 2.06 bits per heavy atom. The largest absolute Gasteiger partial charge is 0.312 e. The first-order valence-corrected chi connectivity index (χ1v) is 6.96. The van der Waals surface area contributed by atoms with Crippen LogP contribution in [0.5, 0.6) is 0 Å². The molecule has 2 fully saturated rings. The maximum absolute atomic E-state index is 3.66. The maximum Gasteiger partial charge on any atom is 0.00533 e. The van der Waals surface area contributed by atoms with Crippen molar-refractivity contribution in [2.75, 3.05) is 19.6 Å². The molecule has 0 spiro atoms. The molecule has 16 heavy (non-hydrogen) atoms. The Balaban J connectivity index is 1.80. The summed E-state index contributed by atoms with van der Waals surface area (Å²) in [6.07, 6.45) is 4.04. The summed E-state index contributed by atoms with van der Waals surface area (Å²) in [4.78, 5) is 2.70. The molecule has 1 saturated heterocycles. The van der Waals surface area contributed by atoms with Crippen molar-refractivity contribution in [3.63, 3.8) is 0 Å². The van der Waals surface area contributed by atoms with Gasteiger partial charge in [-0.1, -0.05) is 13.8 Å². The van der Waals surface area contributed by atoms with E-state index in [0.717, 1.165) is 5.92 Å². The lowest BCUT2D eigenvalue weighted by molar-refractivity contribution is 0.204. The Labute approximate surface area is 101 Å². The smallest absolute Gasteiger partial charge is 0.00533 e. The first kappa shape index (κ1) is 12.4. The predicted octanol–water partition coefficient (Wildman–Crippen LogP) is 2.49. The van der Waals surface area contributed by atoms with Crippen LogP contribution in [0, 0.1) is 11.3 Å². The third-order valence-corrected chi connectivity index (χ3v) is 4.52. The van der Waals surface area contributed by atoms with Crippen LogP contribution in [0.15, 0.2) is 0 Å². The van der Waals surface area contributed by atoms with Gasteiger partial charge in [0.15, 0.2) is 0 Å². The Bertz CT molecular complexity index is 225. The zero-order valence-corrected chi connectivity index (χ0v) is 11.4. The van der Waals surface area contributed by atoms with Gasteiger partial charge in [0, 0.05) is 18.6 Å². The zero-order chi connectivity index (χ0) is 11.8. The quantitative estimate of drug-likeness (QED) is 0.775. The third kappa shape index (κ3) is 3.21. The van der Waals surface area contributed by atoms with Gasteiger partial charge in [-0.15, -0.1) is 0 Å². The highest BCUT2D eigenvalue weighted by Crippen LogP contribution is 2.51. The molecule has 0 radical (unpaired) electrons. The average molecular weight is 224 g/mol. The Morgan fingerprint density at radius 2 is 1.62 bits per heavy atom. The molecule has 0 aromatic carbocycles. The van der Waals surface area contributed by atoms with E-state index in [1.807, 2.05) is 0 Å². The van der Waals surface area contributed by atoms with Crippen molar-refractivity contribution in [3.05, 3.63) is 0 Å². The van der Waals surface area contributed by atoms with Gasteiger partial charge in [-0.25, -0.2) is 0 Å². The first-order valence-electron chi connectivity index (χ1n) is 6.96. The second-order valence-corrected chi connectivity index (χ2v) is 6.74. The highest BCUT2D eigenvalue weighted by atomic mass is 15.1. The molecule has 1 aliphatic carbocycles. The van der Waals surface area contributed by atoms with Crippen molar-refractivity contribution in [1.82, 2.24) is 10.2 Å². The topological polar surface area (TPSA) is 15.3 Å². The van der Waals surface area contributed by atoms with Crippen LogP contribution in [0.4, 0.5) is 0 Å². The van der Waals surface area contributed by atoms with Gasteiger partial charge in [0.1, 0.15) is 0 Å². The molecule has 0 aromatic heterocycles. The number of hydrogen-bond donors (Lipinski definition) is 1. The van der Waals surface area contributed by atoms with Crippen molar-refractivity contribution in [3.8, 4) is 0 Å². The molecule has 94 valence electrons. The fraction of sp³-hybridized carbons (Fsp3) is 1.00. The molecular weight excluding hydrogens is 196 g/mol. The summed E-state index contributed by atoms with van der Waals surface area (Å²) in [7, 11) is 0. The number of rotatable bonds is 2. The number of hydrogen-bond acceptors (Lipinski definition) is 2. The molecule has 0 bridgehead atoms. The van der Waals surface area contributed by atoms with Crippen LogP contribution in [0.1, 0.15) is 47.0 Å². The normalized spacial score (nSPS) is 40.1. The molecule has 1 N–H and O–H groups in total. The monoisotopic (exact) mass is 224 g/mol. The molecule has 3 atom stereocenters. The minimum atomic E-state index is 0.637. The fourth-order valence-electron chi connectivity index (χ4n) is 2.90. The number of nitrogens with zero attached hydrogens (tertiary/aromatic N) is 1. The minimum Gasteiger partial charge on any atom is -0.312 e. The Hall–Kier alpha value is -0.0800. The van der Waals surface area contributed by atoms with E-state index in [0.29, 0.717) is 17.5 Å². The van der Waals surface area contributed by atoms with E-state index in [4.69, 9.17) is 0 Å². The van der Waals surface area contributed by atoms with Crippen LogP contribution < -0.4 is 5.32 Å². The van der Waals surface area contributed by atoms with E-state index in [-0.39, 0.29) is 0 Å². The lowest BCUT2D eigenvalue weighted by Crippen LogP contribution is -2.43. The molecule has 1 heterocycles. The molecule has 0 amide bonds. The van der Waals surface area contributed by atoms with E-state index >= 15 is 0 Å². The maximum atomic E-state index is 3.66. The summed E-state index contributed by atoms with van der Waals surface area (Å²) in [6.45, 7) is 13.4. The van der Waals surface area contributed by atoms with Gasteiger partial charge in [-0.2, -0.15) is 0 Å². The van der Waals surface area contributed by atoms with E-state index in [2.05, 4.69) is 37.9 Å². The van der Waals surface area contributed by atoms with Gasteiger partial charge >= 0.3 is 0 Å². The van der Waals surface area contributed by atoms with Crippen LogP contribution >= 0.6 is 0 Å². The lowest BCUT2D eigenvalue weighted by Gasteiger charge is -2.31. The second kappa shape index (κ2) is 4.66. The highest BCUT2D eigenvalue weighted by Gasteiger charge is 2.45. The van der Waals surface area contributed by atoms with Gasteiger partial charge in [0.2, 0.25) is 0 Å². The molecular formula is C14H28N2. The molecule has 2 heteroatoms. The summed E-state index contributed by atoms with van der Waals surface area (Å²) in [5.74, 6) is 0.963. The van der Waals surface area contributed by atoms with Crippen LogP contribution in [0.25, 0.3) is 0 Å². The third-order valence-electron chi connectivity index (χ3n) is 4.52. The Kier molecular flexibility index (Phi) is 3.60. The summed E-state index contributed by atoms with van der Waals surface area (Å²) in [6, 6.07) is 1.37. The molecule has 2 aliphatic rings. The highest BCUT2D eigenvalue weighted by molar-refractivity contribution is 4.96. The van der Waals surface area contributed by atoms with E-state index < -0.39 is 0 Å². The van der Waals surface area contributed by atoms with Gasteiger partial charge in [0.25, 0.3) is 0 Å². The van der Waals surface area contributed by atoms with Gasteiger partial charge in [-0.3, -0.25) is 0 Å². The van der Waals surface area contributed by atoms with Crippen LogP contribution in [-0.2, 0) is 0 Å². The fourth-order valence-corrected chi connectivity index (χ4v) is 2.90. The molecule has 2 rings (SSSR count). The SMILES string of the molecule is CC1CCN(CC2CC2(C)C)CCC(C)N1. The predicted molar refractivity (Wildman–Crippen MR) is 69.6 cm³/mol. The van der Waals surface area contributed by atoms with Crippen molar-refractivity contribution in [2.45, 2.75) is 59.0 Å². The molecule has 0 aromatic rings. The molecule has 1 saturated carbocycles. The summed E-state index contributed by atoms with van der Waals surface area (Å²) in [5, 5.41) is 3.66. The lowest BCUT2D eigenvalue weighted by atomic mass is 10.1. The summed E-state index contributed by atoms with van der Waals surface area (Å²) in [5.41, 5.74) is 0.637. The van der Waals surface area contributed by atoms with Gasteiger partial charge in [-0.05, 0) is 57.5 Å². The van der Waals surface area contributed by atoms with Crippen molar-refractivity contribution in [2.24, 2.45) is 11.3 Å². The van der Waals surface area contributed by atoms with Crippen LogP contribution in [0.3, 0.4) is 0 Å². The summed E-state index contributed by atoms with van der Waals surface area (Å²) >= 11 is 0. The molecule has 3 unspecified atom stereocenters. The molecule has 1 aliphatic heterocycles. The number of nitrogens with one attached hydrogen (secondary N) is 1. The average Bonchev–Trinajstić information content (AvgIpc) is 2.76. The van der Waals surface area contributed by atoms with Gasteiger partial charge in [0.05, 0.1) is 0 Å². The van der Waals surface area contributed by atoms with Crippen LogP contribution in [0.2, 0.25) is 0 Å². The second-order valence-electron chi connectivity index (χ2n) is 6.74. The van der Waals surface area contributed by atoms with E-state index in [1.54, 1.807) is 0 Å². The van der Waals surface area contributed by atoms with Crippen molar-refractivity contribution < 1.29 is 0 Å². The van der Waals surface area contributed by atoms with Crippen molar-refractivity contribution >= 4 is 0 Å². The van der Waals surface area contributed by atoms with Gasteiger partial charge < -0.3 is 10.2 Å². The van der Waals surface area contributed by atoms with Crippen LogP contribution in [-0.4, -0.2) is 36.6 Å². The van der Waals surface area contributed by atoms with E-state index in [9.17, 15) is 0 Å². The van der Waals surface area contributed by atoms with E-state index in [1.165, 1.54) is 38.9 Å². The Morgan fingerprint density at radius 1 is 1.12 bits per heavy atom. The standard InChI is InChI=1S/C14H28N2/c1-11-5-7-16(8-6-12(2)15-11)10-13-9-14(13,3)4/h11-13,15H,5-10H2,1-4H3.